The van der Waals surface area contributed by atoms with E-state index in [0.29, 0.717) is 6.54 Å². The lowest BCUT2D eigenvalue weighted by atomic mass is 10.0. The van der Waals surface area contributed by atoms with E-state index < -0.39 is 0 Å². The molecule has 0 spiro atoms. The lowest BCUT2D eigenvalue weighted by Crippen LogP contribution is -2.50. The number of nitrogens with two attached hydrogens (primary N) is 1. The molecule has 0 saturated heterocycles. The molecule has 0 radical (unpaired) electrons. The molecule has 1 aromatic heterocycles. The number of carbonyl (C=O) groups excluding carboxylic acids is 1. The van der Waals surface area contributed by atoms with E-state index in [9.17, 15) is 4.79 Å². The van der Waals surface area contributed by atoms with Crippen LogP contribution in [0.2, 0.25) is 0 Å². The molecule has 0 aromatic carbocycles. The molecule has 1 unspecified atom stereocenters. The molecule has 0 aliphatic carbocycles. The highest BCUT2D eigenvalue weighted by Crippen LogP contribution is 2.39. The van der Waals surface area contributed by atoms with Gasteiger partial charge in [-0.3, -0.25) is 4.79 Å². The molecule has 3 nitrogen and oxygen atoms in total. The van der Waals surface area contributed by atoms with Gasteiger partial charge in [-0.25, -0.2) is 0 Å². The van der Waals surface area contributed by atoms with Crippen molar-refractivity contribution in [1.29, 1.82) is 0 Å². The van der Waals surface area contributed by atoms with Crippen molar-refractivity contribution in [1.82, 2.24) is 5.32 Å². The molecule has 1 aliphatic rings. The molecule has 3 N–H and O–H groups in total. The smallest absolute Gasteiger partial charge is 0.238 e. The Morgan fingerprint density at radius 3 is 3.00 bits per heavy atom. The predicted octanol–water partition coefficient (Wildman–Crippen LogP) is 2.35. The normalized spacial score (nSPS) is 18.7. The first-order chi connectivity index (χ1) is 8.03. The highest BCUT2D eigenvalue weighted by Gasteiger charge is 2.30. The van der Waals surface area contributed by atoms with Gasteiger partial charge in [0, 0.05) is 17.0 Å². The van der Waals surface area contributed by atoms with E-state index in [0.717, 1.165) is 12.2 Å². The standard InChI is InChI=1S/C12H18N2OS2.ClH/c1-12(2,7-13)14-11(15)10-8-3-5-16-9(8)4-6-17-10;/h3,5,10H,4,6-7,13H2,1-2H3,(H,14,15);1H. The van der Waals surface area contributed by atoms with Crippen LogP contribution < -0.4 is 11.1 Å². The number of amides is 1. The Hall–Kier alpha value is -0.230. The van der Waals surface area contributed by atoms with Crippen LogP contribution in [0.25, 0.3) is 0 Å². The van der Waals surface area contributed by atoms with Crippen molar-refractivity contribution in [2.24, 2.45) is 5.73 Å². The summed E-state index contributed by atoms with van der Waals surface area (Å²) in [5, 5.41) is 5.04. The zero-order valence-electron chi connectivity index (χ0n) is 10.6. The van der Waals surface area contributed by atoms with Crippen molar-refractivity contribution in [3.8, 4) is 0 Å². The van der Waals surface area contributed by atoms with Gasteiger partial charge in [0.2, 0.25) is 5.91 Å². The van der Waals surface area contributed by atoms with Crippen molar-refractivity contribution >= 4 is 41.4 Å². The molecule has 102 valence electrons. The minimum Gasteiger partial charge on any atom is -0.349 e. The quantitative estimate of drug-likeness (QED) is 0.901. The summed E-state index contributed by atoms with van der Waals surface area (Å²) in [6.45, 7) is 4.35. The van der Waals surface area contributed by atoms with Crippen LogP contribution in [0.15, 0.2) is 11.4 Å². The van der Waals surface area contributed by atoms with E-state index >= 15 is 0 Å². The predicted molar refractivity (Wildman–Crippen MR) is 81.7 cm³/mol. The van der Waals surface area contributed by atoms with E-state index in [1.54, 1.807) is 23.1 Å². The van der Waals surface area contributed by atoms with Crippen LogP contribution in [0.1, 0.15) is 29.5 Å². The summed E-state index contributed by atoms with van der Waals surface area (Å²) in [7, 11) is 0. The van der Waals surface area contributed by atoms with E-state index in [4.69, 9.17) is 5.73 Å². The molecule has 2 heterocycles. The molecule has 1 atom stereocenters. The van der Waals surface area contributed by atoms with Gasteiger partial charge in [-0.1, -0.05) is 0 Å². The molecular weight excluding hydrogens is 288 g/mol. The number of halogens is 1. The number of thioether (sulfide) groups is 1. The number of carbonyl (C=O) groups is 1. The summed E-state index contributed by atoms with van der Waals surface area (Å²) in [6.07, 6.45) is 1.09. The van der Waals surface area contributed by atoms with Crippen LogP contribution in [0, 0.1) is 0 Å². The fourth-order valence-corrected chi connectivity index (χ4v) is 4.11. The third kappa shape index (κ3) is 3.41. The summed E-state index contributed by atoms with van der Waals surface area (Å²) in [6, 6.07) is 2.08. The Balaban J connectivity index is 0.00000162. The van der Waals surface area contributed by atoms with E-state index in [-0.39, 0.29) is 29.1 Å². The number of aryl methyl sites for hydroxylation is 1. The molecule has 1 aliphatic heterocycles. The first kappa shape index (κ1) is 15.8. The van der Waals surface area contributed by atoms with Crippen LogP contribution in [0.3, 0.4) is 0 Å². The first-order valence-corrected chi connectivity index (χ1v) is 7.66. The van der Waals surface area contributed by atoms with Gasteiger partial charge in [0.25, 0.3) is 0 Å². The molecule has 0 bridgehead atoms. The topological polar surface area (TPSA) is 55.1 Å². The maximum Gasteiger partial charge on any atom is 0.238 e. The van der Waals surface area contributed by atoms with Crippen LogP contribution in [-0.4, -0.2) is 23.7 Å². The average Bonchev–Trinajstić information content (AvgIpc) is 2.76. The zero-order valence-corrected chi connectivity index (χ0v) is 13.0. The number of hydrogen-bond acceptors (Lipinski definition) is 4. The first-order valence-electron chi connectivity index (χ1n) is 5.73. The van der Waals surface area contributed by atoms with Gasteiger partial charge in [0.15, 0.2) is 0 Å². The number of nitrogens with one attached hydrogen (secondary N) is 1. The van der Waals surface area contributed by atoms with Crippen molar-refractivity contribution < 1.29 is 4.79 Å². The fourth-order valence-electron chi connectivity index (χ4n) is 1.81. The Morgan fingerprint density at radius 1 is 1.61 bits per heavy atom. The lowest BCUT2D eigenvalue weighted by molar-refractivity contribution is -0.122. The van der Waals surface area contributed by atoms with Gasteiger partial charge in [0.05, 0.1) is 0 Å². The number of rotatable bonds is 3. The molecule has 1 amide bonds. The maximum atomic E-state index is 12.3. The fraction of sp³-hybridized carbons (Fsp3) is 0.583. The van der Waals surface area contributed by atoms with Crippen molar-refractivity contribution in [3.63, 3.8) is 0 Å². The van der Waals surface area contributed by atoms with Gasteiger partial charge < -0.3 is 11.1 Å². The molecular formula is C12H19ClN2OS2. The van der Waals surface area contributed by atoms with Crippen LogP contribution in [-0.2, 0) is 11.2 Å². The van der Waals surface area contributed by atoms with Crippen LogP contribution >= 0.6 is 35.5 Å². The third-order valence-corrected chi connectivity index (χ3v) is 5.12. The maximum absolute atomic E-state index is 12.3. The molecule has 0 fully saturated rings. The third-order valence-electron chi connectivity index (χ3n) is 2.89. The van der Waals surface area contributed by atoms with Gasteiger partial charge in [-0.2, -0.15) is 0 Å². The highest BCUT2D eigenvalue weighted by atomic mass is 35.5. The highest BCUT2D eigenvalue weighted by molar-refractivity contribution is 8.00. The summed E-state index contributed by atoms with van der Waals surface area (Å²) in [5.41, 5.74) is 6.50. The van der Waals surface area contributed by atoms with E-state index in [1.165, 1.54) is 10.4 Å². The molecule has 18 heavy (non-hydrogen) atoms. The second kappa shape index (κ2) is 6.28. The summed E-state index contributed by atoms with van der Waals surface area (Å²) in [5.74, 6) is 1.11. The van der Waals surface area contributed by atoms with E-state index in [2.05, 4.69) is 16.8 Å². The Kier molecular flexibility index (Phi) is 5.52. The average molecular weight is 307 g/mol. The minimum atomic E-state index is -0.328. The molecule has 0 saturated carbocycles. The number of fused-ring (bicyclic) bond motifs is 1. The second-order valence-corrected chi connectivity index (χ2v) is 7.09. The van der Waals surface area contributed by atoms with Gasteiger partial charge in [-0.15, -0.1) is 35.5 Å². The summed E-state index contributed by atoms with van der Waals surface area (Å²) >= 11 is 3.48. The summed E-state index contributed by atoms with van der Waals surface area (Å²) in [4.78, 5) is 13.6. The Bertz CT molecular complexity index is 420. The molecule has 6 heteroatoms. The van der Waals surface area contributed by atoms with Gasteiger partial charge in [0.1, 0.15) is 5.25 Å². The van der Waals surface area contributed by atoms with Gasteiger partial charge in [-0.05, 0) is 43.0 Å². The van der Waals surface area contributed by atoms with E-state index in [1.807, 2.05) is 13.8 Å². The van der Waals surface area contributed by atoms with Crippen molar-refractivity contribution in [2.75, 3.05) is 12.3 Å². The minimum absolute atomic E-state index is 0. The molecule has 2 rings (SSSR count). The van der Waals surface area contributed by atoms with Crippen molar-refractivity contribution in [2.45, 2.75) is 31.1 Å². The lowest BCUT2D eigenvalue weighted by Gasteiger charge is -2.28. The summed E-state index contributed by atoms with van der Waals surface area (Å²) < 4.78 is 0. The largest absolute Gasteiger partial charge is 0.349 e. The Labute approximate surface area is 122 Å². The van der Waals surface area contributed by atoms with Crippen LogP contribution in [0.4, 0.5) is 0 Å². The van der Waals surface area contributed by atoms with Crippen LogP contribution in [0.5, 0.6) is 0 Å². The van der Waals surface area contributed by atoms with Gasteiger partial charge >= 0.3 is 0 Å². The Morgan fingerprint density at radius 2 is 2.33 bits per heavy atom. The monoisotopic (exact) mass is 306 g/mol. The van der Waals surface area contributed by atoms with Crippen molar-refractivity contribution in [3.05, 3.63) is 21.9 Å². The number of hydrogen-bond donors (Lipinski definition) is 2. The number of thiophene rings is 1. The molecule has 1 aromatic rings. The zero-order chi connectivity index (χ0) is 12.5. The second-order valence-electron chi connectivity index (χ2n) is 4.88. The SMILES string of the molecule is CC(C)(CN)NC(=O)C1SCCc2sccc21.Cl.